The number of nitrogens with zero attached hydrogens (tertiary/aromatic N) is 1. The SMILES string of the molecule is CC(=O)c1cccc(NC(=O)Nc2ccc3c(c2)C(=O)N(C(C)(C)C)C3=O)c1. The zero-order valence-electron chi connectivity index (χ0n) is 16.1. The number of urea groups is 1. The molecule has 2 aromatic rings. The van der Waals surface area contributed by atoms with Crippen molar-refractivity contribution in [3.8, 4) is 0 Å². The van der Waals surface area contributed by atoms with Crippen LogP contribution in [0.5, 0.6) is 0 Å². The molecule has 2 N–H and O–H groups in total. The zero-order valence-corrected chi connectivity index (χ0v) is 16.1. The second-order valence-electron chi connectivity index (χ2n) is 7.59. The number of hydrogen-bond donors (Lipinski definition) is 2. The van der Waals surface area contributed by atoms with Crippen molar-refractivity contribution in [2.24, 2.45) is 0 Å². The van der Waals surface area contributed by atoms with Crippen molar-refractivity contribution in [1.82, 2.24) is 4.90 Å². The molecule has 0 aromatic heterocycles. The van der Waals surface area contributed by atoms with Gasteiger partial charge < -0.3 is 10.6 Å². The lowest BCUT2D eigenvalue weighted by Crippen LogP contribution is -2.45. The van der Waals surface area contributed by atoms with E-state index in [0.717, 1.165) is 0 Å². The maximum atomic E-state index is 12.6. The number of carbonyl (C=O) groups excluding carboxylic acids is 4. The van der Waals surface area contributed by atoms with Gasteiger partial charge in [0, 0.05) is 22.5 Å². The number of amides is 4. The predicted octanol–water partition coefficient (Wildman–Crippen LogP) is 3.93. The first kappa shape index (κ1) is 19.3. The minimum atomic E-state index is -0.639. The third-order valence-corrected chi connectivity index (χ3v) is 4.34. The van der Waals surface area contributed by atoms with Gasteiger partial charge in [-0.05, 0) is 58.0 Å². The first-order chi connectivity index (χ1) is 13.1. The van der Waals surface area contributed by atoms with Gasteiger partial charge in [0.2, 0.25) is 0 Å². The van der Waals surface area contributed by atoms with Gasteiger partial charge in [-0.3, -0.25) is 19.3 Å². The summed E-state index contributed by atoms with van der Waals surface area (Å²) in [6.45, 7) is 6.81. The number of anilines is 2. The maximum absolute atomic E-state index is 12.6. The van der Waals surface area contributed by atoms with E-state index in [1.54, 1.807) is 51.1 Å². The van der Waals surface area contributed by atoms with Gasteiger partial charge in [0.1, 0.15) is 0 Å². The van der Waals surface area contributed by atoms with E-state index in [1.807, 2.05) is 0 Å². The lowest BCUT2D eigenvalue weighted by atomic mass is 10.1. The Hall–Kier alpha value is -3.48. The third kappa shape index (κ3) is 3.64. The highest BCUT2D eigenvalue weighted by molar-refractivity contribution is 6.22. The van der Waals surface area contributed by atoms with Crippen molar-refractivity contribution < 1.29 is 19.2 Å². The Morgan fingerprint density at radius 1 is 0.857 bits per heavy atom. The molecule has 0 unspecified atom stereocenters. The van der Waals surface area contributed by atoms with Crippen LogP contribution in [0.3, 0.4) is 0 Å². The quantitative estimate of drug-likeness (QED) is 0.624. The van der Waals surface area contributed by atoms with Crippen LogP contribution >= 0.6 is 0 Å². The molecule has 1 heterocycles. The summed E-state index contributed by atoms with van der Waals surface area (Å²) in [5, 5.41) is 5.28. The van der Waals surface area contributed by atoms with Gasteiger partial charge in [0.15, 0.2) is 5.78 Å². The summed E-state index contributed by atoms with van der Waals surface area (Å²) < 4.78 is 0. The summed E-state index contributed by atoms with van der Waals surface area (Å²) in [7, 11) is 0. The zero-order chi connectivity index (χ0) is 20.6. The van der Waals surface area contributed by atoms with Crippen LogP contribution in [-0.4, -0.2) is 34.1 Å². The van der Waals surface area contributed by atoms with Gasteiger partial charge in [-0.25, -0.2) is 4.79 Å². The van der Waals surface area contributed by atoms with Gasteiger partial charge in [-0.1, -0.05) is 12.1 Å². The van der Waals surface area contributed by atoms with Gasteiger partial charge in [-0.15, -0.1) is 0 Å². The molecular formula is C21H21N3O4. The number of fused-ring (bicyclic) bond motifs is 1. The Labute approximate surface area is 162 Å². The average Bonchev–Trinajstić information content (AvgIpc) is 2.85. The van der Waals surface area contributed by atoms with Crippen LogP contribution < -0.4 is 10.6 Å². The number of Topliss-reactive ketones (excluding diaryl/α,β-unsaturated/α-hetero) is 1. The fourth-order valence-electron chi connectivity index (χ4n) is 3.04. The summed E-state index contributed by atoms with van der Waals surface area (Å²) in [4.78, 5) is 50.0. The molecular weight excluding hydrogens is 358 g/mol. The molecule has 0 saturated heterocycles. The molecule has 1 aliphatic rings. The Morgan fingerprint density at radius 2 is 1.46 bits per heavy atom. The number of ketones is 1. The summed E-state index contributed by atoms with van der Waals surface area (Å²) in [6.07, 6.45) is 0. The normalized spacial score (nSPS) is 13.4. The van der Waals surface area contributed by atoms with Crippen LogP contribution in [0.25, 0.3) is 0 Å². The van der Waals surface area contributed by atoms with Crippen LogP contribution in [0.15, 0.2) is 42.5 Å². The molecule has 7 heteroatoms. The molecule has 144 valence electrons. The predicted molar refractivity (Wildman–Crippen MR) is 106 cm³/mol. The molecule has 1 aliphatic heterocycles. The highest BCUT2D eigenvalue weighted by Gasteiger charge is 2.41. The molecule has 0 radical (unpaired) electrons. The maximum Gasteiger partial charge on any atom is 0.323 e. The van der Waals surface area contributed by atoms with E-state index >= 15 is 0 Å². The molecule has 0 aliphatic carbocycles. The first-order valence-electron chi connectivity index (χ1n) is 8.80. The Morgan fingerprint density at radius 3 is 2.07 bits per heavy atom. The fourth-order valence-corrected chi connectivity index (χ4v) is 3.04. The number of nitrogens with one attached hydrogen (secondary N) is 2. The largest absolute Gasteiger partial charge is 0.323 e. The lowest BCUT2D eigenvalue weighted by molar-refractivity contribution is 0.0507. The van der Waals surface area contributed by atoms with Gasteiger partial charge >= 0.3 is 6.03 Å². The highest BCUT2D eigenvalue weighted by Crippen LogP contribution is 2.31. The molecule has 3 rings (SSSR count). The first-order valence-corrected chi connectivity index (χ1v) is 8.80. The smallest absolute Gasteiger partial charge is 0.308 e. The summed E-state index contributed by atoms with van der Waals surface area (Å²) in [5.74, 6) is -0.829. The second kappa shape index (κ2) is 6.92. The van der Waals surface area contributed by atoms with Crippen LogP contribution in [0.1, 0.15) is 58.8 Å². The van der Waals surface area contributed by atoms with Crippen LogP contribution in [0, 0.1) is 0 Å². The molecule has 0 spiro atoms. The van der Waals surface area contributed by atoms with Crippen LogP contribution in [0.4, 0.5) is 16.2 Å². The average molecular weight is 379 g/mol. The van der Waals surface area contributed by atoms with Crippen molar-refractivity contribution in [3.63, 3.8) is 0 Å². The van der Waals surface area contributed by atoms with Gasteiger partial charge in [-0.2, -0.15) is 0 Å². The Balaban J connectivity index is 1.77. The number of imide groups is 1. The van der Waals surface area contributed by atoms with E-state index in [0.29, 0.717) is 22.5 Å². The van der Waals surface area contributed by atoms with Crippen molar-refractivity contribution in [3.05, 3.63) is 59.2 Å². The second-order valence-corrected chi connectivity index (χ2v) is 7.59. The lowest BCUT2D eigenvalue weighted by Gasteiger charge is -2.29. The minimum absolute atomic E-state index is 0.103. The van der Waals surface area contributed by atoms with Gasteiger partial charge in [0.05, 0.1) is 11.1 Å². The van der Waals surface area contributed by atoms with Gasteiger partial charge in [0.25, 0.3) is 11.8 Å². The fraction of sp³-hybridized carbons (Fsp3) is 0.238. The van der Waals surface area contributed by atoms with Crippen molar-refractivity contribution >= 4 is 35.0 Å². The van der Waals surface area contributed by atoms with E-state index in [2.05, 4.69) is 10.6 Å². The van der Waals surface area contributed by atoms with Crippen molar-refractivity contribution in [2.75, 3.05) is 10.6 Å². The third-order valence-electron chi connectivity index (χ3n) is 4.34. The summed E-state index contributed by atoms with van der Waals surface area (Å²) in [5.41, 5.74) is 1.28. The Kier molecular flexibility index (Phi) is 4.77. The topological polar surface area (TPSA) is 95.6 Å². The minimum Gasteiger partial charge on any atom is -0.308 e. The molecule has 7 nitrogen and oxygen atoms in total. The monoisotopic (exact) mass is 379 g/mol. The molecule has 4 amide bonds. The Bertz CT molecular complexity index is 1000. The molecule has 0 atom stereocenters. The van der Waals surface area contributed by atoms with Crippen molar-refractivity contribution in [1.29, 1.82) is 0 Å². The van der Waals surface area contributed by atoms with Crippen LogP contribution in [0.2, 0.25) is 0 Å². The van der Waals surface area contributed by atoms with Crippen LogP contribution in [-0.2, 0) is 0 Å². The summed E-state index contributed by atoms with van der Waals surface area (Å²) >= 11 is 0. The number of hydrogen-bond acceptors (Lipinski definition) is 4. The van der Waals surface area contributed by atoms with Crippen molar-refractivity contribution in [2.45, 2.75) is 33.2 Å². The number of carbonyl (C=O) groups is 4. The van der Waals surface area contributed by atoms with E-state index in [4.69, 9.17) is 0 Å². The van der Waals surface area contributed by atoms with E-state index < -0.39 is 11.6 Å². The summed E-state index contributed by atoms with van der Waals surface area (Å²) in [6, 6.07) is 10.7. The molecule has 0 bridgehead atoms. The van der Waals surface area contributed by atoms with E-state index in [-0.39, 0.29) is 23.2 Å². The molecule has 0 fully saturated rings. The molecule has 28 heavy (non-hydrogen) atoms. The molecule has 2 aromatic carbocycles. The molecule has 0 saturated carbocycles. The number of rotatable bonds is 3. The number of benzene rings is 2. The van der Waals surface area contributed by atoms with E-state index in [1.165, 1.54) is 24.0 Å². The van der Waals surface area contributed by atoms with E-state index in [9.17, 15) is 19.2 Å². The standard InChI is InChI=1S/C21H21N3O4/c1-12(25)13-6-5-7-14(10-13)22-20(28)23-15-8-9-16-17(11-15)19(27)24(18(16)26)21(2,3)4/h5-11H,1-4H3,(H2,22,23,28). The highest BCUT2D eigenvalue weighted by atomic mass is 16.2.